The van der Waals surface area contributed by atoms with Crippen LogP contribution in [0, 0.1) is 5.92 Å². The minimum absolute atomic E-state index is 0.0644. The third-order valence-electron chi connectivity index (χ3n) is 4.64. The first kappa shape index (κ1) is 15.5. The molecule has 0 unspecified atom stereocenters. The molecular weight excluding hydrogens is 288 g/mol. The van der Waals surface area contributed by atoms with Crippen molar-refractivity contribution in [3.63, 3.8) is 0 Å². The van der Waals surface area contributed by atoms with Crippen molar-refractivity contribution in [3.8, 4) is 5.88 Å². The zero-order valence-electron chi connectivity index (χ0n) is 13.7. The first-order valence-electron chi connectivity index (χ1n) is 8.03. The SMILES string of the molecule is COc1ccc(N(C)C(=O)C2CCc3ccccc3CC2)cn1. The summed E-state index contributed by atoms with van der Waals surface area (Å²) in [6.45, 7) is 0. The molecule has 1 aromatic carbocycles. The van der Waals surface area contributed by atoms with E-state index in [4.69, 9.17) is 4.74 Å². The number of anilines is 1. The van der Waals surface area contributed by atoms with Crippen molar-refractivity contribution in [2.45, 2.75) is 25.7 Å². The van der Waals surface area contributed by atoms with Crippen LogP contribution in [0.1, 0.15) is 24.0 Å². The molecule has 0 fully saturated rings. The molecule has 0 bridgehead atoms. The maximum absolute atomic E-state index is 12.8. The number of methoxy groups -OCH3 is 1. The van der Waals surface area contributed by atoms with Gasteiger partial charge in [-0.3, -0.25) is 4.79 Å². The summed E-state index contributed by atoms with van der Waals surface area (Å²) in [4.78, 5) is 18.7. The molecule has 4 heteroatoms. The van der Waals surface area contributed by atoms with E-state index in [1.54, 1.807) is 24.3 Å². The van der Waals surface area contributed by atoms with E-state index in [2.05, 4.69) is 29.2 Å². The van der Waals surface area contributed by atoms with Crippen LogP contribution in [0.2, 0.25) is 0 Å². The molecule has 0 spiro atoms. The molecule has 3 rings (SSSR count). The fraction of sp³-hybridized carbons (Fsp3) is 0.368. The molecule has 120 valence electrons. The van der Waals surface area contributed by atoms with Gasteiger partial charge in [0.05, 0.1) is 19.0 Å². The van der Waals surface area contributed by atoms with E-state index < -0.39 is 0 Å². The van der Waals surface area contributed by atoms with E-state index in [1.807, 2.05) is 13.1 Å². The second-order valence-corrected chi connectivity index (χ2v) is 6.00. The van der Waals surface area contributed by atoms with Crippen molar-refractivity contribution in [1.29, 1.82) is 0 Å². The number of carbonyl (C=O) groups is 1. The van der Waals surface area contributed by atoms with Gasteiger partial charge in [-0.05, 0) is 42.9 Å². The summed E-state index contributed by atoms with van der Waals surface area (Å²) in [5, 5.41) is 0. The smallest absolute Gasteiger partial charge is 0.229 e. The predicted octanol–water partition coefficient (Wildman–Crippen LogP) is 3.25. The zero-order chi connectivity index (χ0) is 16.2. The summed E-state index contributed by atoms with van der Waals surface area (Å²) in [6, 6.07) is 12.2. The molecule has 0 atom stereocenters. The summed E-state index contributed by atoms with van der Waals surface area (Å²) in [7, 11) is 3.41. The van der Waals surface area contributed by atoms with Gasteiger partial charge in [-0.15, -0.1) is 0 Å². The third kappa shape index (κ3) is 3.36. The van der Waals surface area contributed by atoms with Crippen molar-refractivity contribution in [2.24, 2.45) is 5.92 Å². The topological polar surface area (TPSA) is 42.4 Å². The van der Waals surface area contributed by atoms with E-state index in [9.17, 15) is 4.79 Å². The predicted molar refractivity (Wildman–Crippen MR) is 90.8 cm³/mol. The Bertz CT molecular complexity index is 655. The minimum atomic E-state index is 0.0644. The van der Waals surface area contributed by atoms with Crippen molar-refractivity contribution < 1.29 is 9.53 Å². The number of hydrogen-bond donors (Lipinski definition) is 0. The number of rotatable bonds is 3. The molecule has 0 radical (unpaired) electrons. The van der Waals surface area contributed by atoms with Crippen LogP contribution in [0.15, 0.2) is 42.6 Å². The fourth-order valence-electron chi connectivity index (χ4n) is 3.19. The molecule has 0 saturated carbocycles. The van der Waals surface area contributed by atoms with Crippen LogP contribution in [0.25, 0.3) is 0 Å². The second-order valence-electron chi connectivity index (χ2n) is 6.00. The molecule has 0 N–H and O–H groups in total. The van der Waals surface area contributed by atoms with Crippen molar-refractivity contribution in [1.82, 2.24) is 4.98 Å². The molecule has 4 nitrogen and oxygen atoms in total. The lowest BCUT2D eigenvalue weighted by Crippen LogP contribution is -2.33. The van der Waals surface area contributed by atoms with Crippen LogP contribution in [-0.4, -0.2) is 25.0 Å². The molecule has 1 aliphatic rings. The summed E-state index contributed by atoms with van der Waals surface area (Å²) in [6.07, 6.45) is 5.44. The molecule has 1 heterocycles. The number of hydrogen-bond acceptors (Lipinski definition) is 3. The number of fused-ring (bicyclic) bond motifs is 1. The number of carbonyl (C=O) groups excluding carboxylic acids is 1. The van der Waals surface area contributed by atoms with E-state index in [0.717, 1.165) is 31.4 Å². The molecular formula is C19H22N2O2. The maximum atomic E-state index is 12.8. The maximum Gasteiger partial charge on any atom is 0.229 e. The summed E-state index contributed by atoms with van der Waals surface area (Å²) < 4.78 is 5.06. The first-order chi connectivity index (χ1) is 11.2. The summed E-state index contributed by atoms with van der Waals surface area (Å²) >= 11 is 0. The largest absolute Gasteiger partial charge is 0.481 e. The number of ether oxygens (including phenoxy) is 1. The molecule has 23 heavy (non-hydrogen) atoms. The molecule has 1 aromatic heterocycles. The first-order valence-corrected chi connectivity index (χ1v) is 8.03. The third-order valence-corrected chi connectivity index (χ3v) is 4.64. The highest BCUT2D eigenvalue weighted by molar-refractivity contribution is 5.94. The zero-order valence-corrected chi connectivity index (χ0v) is 13.7. The lowest BCUT2D eigenvalue weighted by Gasteiger charge is -2.22. The Balaban J connectivity index is 1.70. The quantitative estimate of drug-likeness (QED) is 0.817. The standard InChI is InChI=1S/C19H22N2O2/c1-21(17-11-12-18(23-2)20-13-17)19(22)16-9-7-14-5-3-4-6-15(14)8-10-16/h3-6,11-13,16H,7-10H2,1-2H3. The van der Waals surface area contributed by atoms with Crippen molar-refractivity contribution in [2.75, 3.05) is 19.1 Å². The van der Waals surface area contributed by atoms with Gasteiger partial charge in [0.15, 0.2) is 0 Å². The Hall–Kier alpha value is -2.36. The number of nitrogens with zero attached hydrogens (tertiary/aromatic N) is 2. The van der Waals surface area contributed by atoms with Gasteiger partial charge in [-0.25, -0.2) is 4.98 Å². The van der Waals surface area contributed by atoms with E-state index >= 15 is 0 Å². The summed E-state index contributed by atoms with van der Waals surface area (Å²) in [5.41, 5.74) is 3.57. The van der Waals surface area contributed by atoms with Gasteiger partial charge in [0, 0.05) is 19.0 Å². The van der Waals surface area contributed by atoms with Crippen LogP contribution < -0.4 is 9.64 Å². The van der Waals surface area contributed by atoms with E-state index in [-0.39, 0.29) is 11.8 Å². The number of benzene rings is 1. The lowest BCUT2D eigenvalue weighted by atomic mass is 9.98. The molecule has 1 aliphatic carbocycles. The Kier molecular flexibility index (Phi) is 4.60. The normalized spacial score (nSPS) is 14.7. The highest BCUT2D eigenvalue weighted by atomic mass is 16.5. The Morgan fingerprint density at radius 3 is 2.30 bits per heavy atom. The van der Waals surface area contributed by atoms with E-state index in [0.29, 0.717) is 5.88 Å². The average Bonchev–Trinajstić information content (AvgIpc) is 2.83. The monoisotopic (exact) mass is 310 g/mol. The molecule has 1 amide bonds. The number of aromatic nitrogens is 1. The highest BCUT2D eigenvalue weighted by Crippen LogP contribution is 2.27. The lowest BCUT2D eigenvalue weighted by molar-refractivity contribution is -0.122. The fourth-order valence-corrected chi connectivity index (χ4v) is 3.19. The van der Waals surface area contributed by atoms with Crippen LogP contribution in [0.5, 0.6) is 5.88 Å². The van der Waals surface area contributed by atoms with Gasteiger partial charge in [0.25, 0.3) is 0 Å². The number of amides is 1. The van der Waals surface area contributed by atoms with Gasteiger partial charge in [0.1, 0.15) is 0 Å². The van der Waals surface area contributed by atoms with Crippen molar-refractivity contribution in [3.05, 3.63) is 53.7 Å². The Labute approximate surface area is 137 Å². The van der Waals surface area contributed by atoms with Gasteiger partial charge in [-0.1, -0.05) is 24.3 Å². The van der Waals surface area contributed by atoms with Crippen LogP contribution in [0.3, 0.4) is 0 Å². The average molecular weight is 310 g/mol. The van der Waals surface area contributed by atoms with Gasteiger partial charge >= 0.3 is 0 Å². The van der Waals surface area contributed by atoms with Gasteiger partial charge in [-0.2, -0.15) is 0 Å². The Morgan fingerprint density at radius 2 is 1.78 bits per heavy atom. The number of pyridine rings is 1. The highest BCUT2D eigenvalue weighted by Gasteiger charge is 2.25. The van der Waals surface area contributed by atoms with E-state index in [1.165, 1.54) is 11.1 Å². The van der Waals surface area contributed by atoms with Gasteiger partial charge in [0.2, 0.25) is 11.8 Å². The molecule has 0 saturated heterocycles. The van der Waals surface area contributed by atoms with Crippen LogP contribution in [0.4, 0.5) is 5.69 Å². The molecule has 2 aromatic rings. The Morgan fingerprint density at radius 1 is 1.13 bits per heavy atom. The van der Waals surface area contributed by atoms with Crippen LogP contribution in [-0.2, 0) is 17.6 Å². The van der Waals surface area contributed by atoms with Crippen molar-refractivity contribution >= 4 is 11.6 Å². The minimum Gasteiger partial charge on any atom is -0.481 e. The molecule has 0 aliphatic heterocycles. The number of aryl methyl sites for hydroxylation is 2. The van der Waals surface area contributed by atoms with Crippen LogP contribution >= 0.6 is 0 Å². The van der Waals surface area contributed by atoms with Gasteiger partial charge < -0.3 is 9.64 Å². The second kappa shape index (κ2) is 6.82. The summed E-state index contributed by atoms with van der Waals surface area (Å²) in [5.74, 6) is 0.791.